The number of aliphatic imine (C=N–C) groups is 1. The Morgan fingerprint density at radius 2 is 1.96 bits per heavy atom. The van der Waals surface area contributed by atoms with Crippen LogP contribution in [-0.4, -0.2) is 22.6 Å². The van der Waals surface area contributed by atoms with Gasteiger partial charge in [-0.25, -0.2) is 9.98 Å². The maximum atomic E-state index is 6.07. The molecule has 0 aliphatic carbocycles. The summed E-state index contributed by atoms with van der Waals surface area (Å²) in [5.41, 5.74) is 10.3. The monoisotopic (exact) mass is 491 g/mol. The topological polar surface area (TPSA) is 77.5 Å². The fourth-order valence-electron chi connectivity index (χ4n) is 2.87. The van der Waals surface area contributed by atoms with Gasteiger partial charge < -0.3 is 20.4 Å². The molecule has 3 rings (SSSR count). The van der Waals surface area contributed by atoms with E-state index in [0.29, 0.717) is 19.1 Å². The second-order valence-corrected chi connectivity index (χ2v) is 6.34. The zero-order valence-electron chi connectivity index (χ0n) is 16.1. The summed E-state index contributed by atoms with van der Waals surface area (Å²) in [5.74, 6) is 1.39. The van der Waals surface area contributed by atoms with Gasteiger partial charge in [0.05, 0.1) is 13.2 Å². The number of aryl methyl sites for hydroxylation is 1. The first kappa shape index (κ1) is 21.9. The highest BCUT2D eigenvalue weighted by molar-refractivity contribution is 14.0. The van der Waals surface area contributed by atoms with Gasteiger partial charge in [0.1, 0.15) is 5.82 Å². The van der Waals surface area contributed by atoms with Crippen molar-refractivity contribution in [2.75, 3.05) is 12.4 Å². The fraction of sp³-hybridized carbons (Fsp3) is 0.238. The Balaban J connectivity index is 0.00000280. The molecule has 0 spiro atoms. The van der Waals surface area contributed by atoms with Gasteiger partial charge in [-0.1, -0.05) is 42.5 Å². The van der Waals surface area contributed by atoms with Crippen LogP contribution < -0.4 is 11.1 Å². The highest BCUT2D eigenvalue weighted by atomic mass is 127. The van der Waals surface area contributed by atoms with E-state index in [4.69, 9.17) is 10.5 Å². The number of guanidine groups is 1. The van der Waals surface area contributed by atoms with Gasteiger partial charge in [0, 0.05) is 37.3 Å². The van der Waals surface area contributed by atoms with Crippen molar-refractivity contribution in [3.8, 4) is 0 Å². The van der Waals surface area contributed by atoms with Crippen LogP contribution in [0.15, 0.2) is 65.9 Å². The Hall–Kier alpha value is -2.39. The number of ether oxygens (including phenoxy) is 1. The molecule has 6 nitrogen and oxygen atoms in total. The van der Waals surface area contributed by atoms with Gasteiger partial charge in [-0.2, -0.15) is 0 Å². The molecule has 0 amide bonds. The summed E-state index contributed by atoms with van der Waals surface area (Å²) in [6, 6.07) is 16.2. The number of benzene rings is 2. The molecular weight excluding hydrogens is 465 g/mol. The summed E-state index contributed by atoms with van der Waals surface area (Å²) < 4.78 is 7.33. The van der Waals surface area contributed by atoms with Crippen molar-refractivity contribution in [3.05, 3.63) is 83.4 Å². The molecule has 7 heteroatoms. The number of aromatic nitrogens is 2. The molecule has 0 radical (unpaired) electrons. The van der Waals surface area contributed by atoms with Crippen molar-refractivity contribution < 1.29 is 4.74 Å². The molecule has 0 aliphatic heterocycles. The van der Waals surface area contributed by atoms with Crippen molar-refractivity contribution in [2.45, 2.75) is 26.6 Å². The lowest BCUT2D eigenvalue weighted by atomic mass is 10.1. The normalized spacial score (nSPS) is 11.1. The van der Waals surface area contributed by atoms with E-state index in [0.717, 1.165) is 29.2 Å². The van der Waals surface area contributed by atoms with Crippen LogP contribution in [0.2, 0.25) is 0 Å². The van der Waals surface area contributed by atoms with E-state index < -0.39 is 0 Å². The van der Waals surface area contributed by atoms with Crippen LogP contribution in [0.25, 0.3) is 0 Å². The van der Waals surface area contributed by atoms with Crippen molar-refractivity contribution in [1.82, 2.24) is 9.55 Å². The van der Waals surface area contributed by atoms with E-state index in [-0.39, 0.29) is 24.0 Å². The second kappa shape index (κ2) is 10.8. The number of nitrogens with one attached hydrogen (secondary N) is 1. The molecule has 0 fully saturated rings. The number of para-hydroxylation sites is 1. The molecule has 0 unspecified atom stereocenters. The van der Waals surface area contributed by atoms with Gasteiger partial charge >= 0.3 is 0 Å². The Labute approximate surface area is 182 Å². The first-order valence-electron chi connectivity index (χ1n) is 8.85. The van der Waals surface area contributed by atoms with Gasteiger partial charge in [0.25, 0.3) is 0 Å². The number of hydrogen-bond acceptors (Lipinski definition) is 3. The van der Waals surface area contributed by atoms with E-state index in [1.54, 1.807) is 7.11 Å². The summed E-state index contributed by atoms with van der Waals surface area (Å²) in [6.45, 7) is 3.83. The predicted molar refractivity (Wildman–Crippen MR) is 124 cm³/mol. The van der Waals surface area contributed by atoms with Crippen LogP contribution in [0.3, 0.4) is 0 Å². The Morgan fingerprint density at radius 3 is 2.71 bits per heavy atom. The number of imidazole rings is 1. The molecule has 0 saturated heterocycles. The van der Waals surface area contributed by atoms with Gasteiger partial charge in [0.15, 0.2) is 5.96 Å². The van der Waals surface area contributed by atoms with Gasteiger partial charge in [-0.3, -0.25) is 0 Å². The van der Waals surface area contributed by atoms with Crippen LogP contribution in [0.5, 0.6) is 0 Å². The Morgan fingerprint density at radius 1 is 1.18 bits per heavy atom. The molecule has 0 saturated carbocycles. The van der Waals surface area contributed by atoms with E-state index in [2.05, 4.69) is 38.1 Å². The number of methoxy groups -OCH3 is 1. The smallest absolute Gasteiger partial charge is 0.193 e. The maximum absolute atomic E-state index is 6.07. The summed E-state index contributed by atoms with van der Waals surface area (Å²) in [5, 5.41) is 3.16. The van der Waals surface area contributed by atoms with E-state index >= 15 is 0 Å². The third-order valence-corrected chi connectivity index (χ3v) is 4.28. The van der Waals surface area contributed by atoms with Crippen molar-refractivity contribution in [2.24, 2.45) is 10.7 Å². The minimum atomic E-state index is 0. The molecule has 3 N–H and O–H groups in total. The number of anilines is 1. The lowest BCUT2D eigenvalue weighted by Crippen LogP contribution is -2.23. The lowest BCUT2D eigenvalue weighted by molar-refractivity contribution is 0.185. The number of halogens is 1. The predicted octanol–water partition coefficient (Wildman–Crippen LogP) is 3.93. The standard InChI is InChI=1S/C21H25N5O.HI/c1-16-23-10-11-26(16)14-18-7-5-6-17(12-18)13-24-21(22)25-20-9-4-3-8-19(20)15-27-2;/h3-12H,13-15H2,1-2H3,(H3,22,24,25);1H. The van der Waals surface area contributed by atoms with E-state index in [1.165, 1.54) is 5.56 Å². The average molecular weight is 491 g/mol. The Kier molecular flexibility index (Phi) is 8.46. The minimum Gasteiger partial charge on any atom is -0.380 e. The largest absolute Gasteiger partial charge is 0.380 e. The van der Waals surface area contributed by atoms with Gasteiger partial charge in [0.2, 0.25) is 0 Å². The Bertz CT molecular complexity index is 922. The summed E-state index contributed by atoms with van der Waals surface area (Å²) in [6.07, 6.45) is 3.80. The molecule has 3 aromatic rings. The molecule has 1 heterocycles. The second-order valence-electron chi connectivity index (χ2n) is 6.34. The SMILES string of the molecule is COCc1ccccc1NC(N)=NCc1cccc(Cn2ccnc2C)c1.I. The quantitative estimate of drug-likeness (QED) is 0.298. The van der Waals surface area contributed by atoms with Gasteiger partial charge in [-0.05, 0) is 24.1 Å². The summed E-state index contributed by atoms with van der Waals surface area (Å²) in [7, 11) is 1.67. The molecular formula is C21H26IN5O. The van der Waals surface area contributed by atoms with Crippen LogP contribution in [0.1, 0.15) is 22.5 Å². The summed E-state index contributed by atoms with van der Waals surface area (Å²) >= 11 is 0. The molecule has 148 valence electrons. The van der Waals surface area contributed by atoms with E-state index in [9.17, 15) is 0 Å². The number of rotatable bonds is 7. The minimum absolute atomic E-state index is 0. The fourth-order valence-corrected chi connectivity index (χ4v) is 2.87. The third-order valence-electron chi connectivity index (χ3n) is 4.28. The maximum Gasteiger partial charge on any atom is 0.193 e. The van der Waals surface area contributed by atoms with Crippen molar-refractivity contribution >= 4 is 35.6 Å². The molecule has 2 aromatic carbocycles. The molecule has 0 bridgehead atoms. The van der Waals surface area contributed by atoms with Crippen LogP contribution in [-0.2, 0) is 24.4 Å². The van der Waals surface area contributed by atoms with Crippen LogP contribution in [0.4, 0.5) is 5.69 Å². The molecule has 28 heavy (non-hydrogen) atoms. The van der Waals surface area contributed by atoms with E-state index in [1.807, 2.05) is 49.6 Å². The first-order valence-corrected chi connectivity index (χ1v) is 8.85. The molecule has 1 aromatic heterocycles. The van der Waals surface area contributed by atoms with Crippen molar-refractivity contribution in [1.29, 1.82) is 0 Å². The number of nitrogens with zero attached hydrogens (tertiary/aromatic N) is 3. The molecule has 0 atom stereocenters. The van der Waals surface area contributed by atoms with Crippen LogP contribution in [0, 0.1) is 6.92 Å². The highest BCUT2D eigenvalue weighted by Crippen LogP contribution is 2.15. The third kappa shape index (κ3) is 6.07. The summed E-state index contributed by atoms with van der Waals surface area (Å²) in [4.78, 5) is 8.73. The highest BCUT2D eigenvalue weighted by Gasteiger charge is 2.03. The zero-order chi connectivity index (χ0) is 19.1. The molecule has 0 aliphatic rings. The lowest BCUT2D eigenvalue weighted by Gasteiger charge is -2.11. The van der Waals surface area contributed by atoms with Gasteiger partial charge in [-0.15, -0.1) is 24.0 Å². The number of nitrogens with two attached hydrogens (primary N) is 1. The first-order chi connectivity index (χ1) is 13.2. The van der Waals surface area contributed by atoms with Crippen LogP contribution >= 0.6 is 24.0 Å². The average Bonchev–Trinajstić information content (AvgIpc) is 3.07. The van der Waals surface area contributed by atoms with Crippen molar-refractivity contribution in [3.63, 3.8) is 0 Å². The zero-order valence-corrected chi connectivity index (χ0v) is 18.5. The number of hydrogen-bond donors (Lipinski definition) is 2.